The largest absolute Gasteiger partial charge is 0.494 e. The van der Waals surface area contributed by atoms with Gasteiger partial charge in [-0.25, -0.2) is 4.39 Å². The lowest BCUT2D eigenvalue weighted by Gasteiger charge is -2.12. The number of benzene rings is 1. The molecule has 1 rings (SSSR count). The second-order valence-corrected chi connectivity index (χ2v) is 3.37. The summed E-state index contributed by atoms with van der Waals surface area (Å²) < 4.78 is 18.0. The molecular formula is C12H16FNO. The Kier molecular flexibility index (Phi) is 4.31. The zero-order valence-corrected chi connectivity index (χ0v) is 8.87. The van der Waals surface area contributed by atoms with E-state index in [9.17, 15) is 4.39 Å². The van der Waals surface area contributed by atoms with Crippen LogP contribution in [0.3, 0.4) is 0 Å². The molecule has 1 aromatic carbocycles. The van der Waals surface area contributed by atoms with E-state index >= 15 is 0 Å². The van der Waals surface area contributed by atoms with E-state index in [0.29, 0.717) is 0 Å². The van der Waals surface area contributed by atoms with Gasteiger partial charge in [-0.1, -0.05) is 12.1 Å². The lowest BCUT2D eigenvalue weighted by Crippen LogP contribution is -2.10. The Morgan fingerprint density at radius 1 is 1.60 bits per heavy atom. The van der Waals surface area contributed by atoms with E-state index in [2.05, 4.69) is 6.58 Å². The van der Waals surface area contributed by atoms with Crippen molar-refractivity contribution in [3.63, 3.8) is 0 Å². The van der Waals surface area contributed by atoms with E-state index in [-0.39, 0.29) is 17.6 Å². The fourth-order valence-electron chi connectivity index (χ4n) is 1.37. The molecule has 0 fully saturated rings. The first-order chi connectivity index (χ1) is 7.19. The third-order valence-corrected chi connectivity index (χ3v) is 2.29. The highest BCUT2D eigenvalue weighted by Gasteiger charge is 2.09. The van der Waals surface area contributed by atoms with E-state index in [0.717, 1.165) is 18.4 Å². The first-order valence-corrected chi connectivity index (χ1v) is 4.89. The Morgan fingerprint density at radius 2 is 2.33 bits per heavy atom. The quantitative estimate of drug-likeness (QED) is 0.757. The summed E-state index contributed by atoms with van der Waals surface area (Å²) in [6.07, 6.45) is 3.47. The molecule has 0 aromatic heterocycles. The molecule has 2 nitrogen and oxygen atoms in total. The van der Waals surface area contributed by atoms with Crippen LogP contribution in [0.15, 0.2) is 30.9 Å². The molecule has 0 heterocycles. The maximum Gasteiger partial charge on any atom is 0.165 e. The van der Waals surface area contributed by atoms with E-state index in [1.54, 1.807) is 12.1 Å². The lowest BCUT2D eigenvalue weighted by molar-refractivity contribution is 0.385. The first kappa shape index (κ1) is 11.7. The van der Waals surface area contributed by atoms with Gasteiger partial charge in [-0.3, -0.25) is 0 Å². The highest BCUT2D eigenvalue weighted by atomic mass is 19.1. The average molecular weight is 209 g/mol. The maximum atomic E-state index is 13.1. The SMILES string of the molecule is C=CCC[C@H](N)c1ccc(F)c(OC)c1. The number of nitrogens with two attached hydrogens (primary N) is 1. The monoisotopic (exact) mass is 209 g/mol. The van der Waals surface area contributed by atoms with Crippen LogP contribution in [-0.4, -0.2) is 7.11 Å². The predicted octanol–water partition coefficient (Wildman–Crippen LogP) is 2.80. The molecule has 0 spiro atoms. The number of methoxy groups -OCH3 is 1. The van der Waals surface area contributed by atoms with Crippen molar-refractivity contribution in [3.05, 3.63) is 42.2 Å². The fourth-order valence-corrected chi connectivity index (χ4v) is 1.37. The highest BCUT2D eigenvalue weighted by molar-refractivity contribution is 5.32. The van der Waals surface area contributed by atoms with Crippen LogP contribution in [0.4, 0.5) is 4.39 Å². The van der Waals surface area contributed by atoms with Crippen molar-refractivity contribution < 1.29 is 9.13 Å². The Hall–Kier alpha value is -1.35. The van der Waals surface area contributed by atoms with Gasteiger partial charge in [0.05, 0.1) is 7.11 Å². The second kappa shape index (κ2) is 5.51. The van der Waals surface area contributed by atoms with E-state index in [1.807, 2.05) is 6.08 Å². The van der Waals surface area contributed by atoms with Gasteiger partial charge in [-0.05, 0) is 30.5 Å². The lowest BCUT2D eigenvalue weighted by atomic mass is 10.0. The molecule has 1 aromatic rings. The molecule has 0 aliphatic heterocycles. The van der Waals surface area contributed by atoms with Gasteiger partial charge in [0.25, 0.3) is 0 Å². The summed E-state index contributed by atoms with van der Waals surface area (Å²) in [4.78, 5) is 0. The summed E-state index contributed by atoms with van der Waals surface area (Å²) in [5, 5.41) is 0. The third kappa shape index (κ3) is 3.06. The van der Waals surface area contributed by atoms with Gasteiger partial charge in [0.1, 0.15) is 0 Å². The van der Waals surface area contributed by atoms with Crippen molar-refractivity contribution in [3.8, 4) is 5.75 Å². The van der Waals surface area contributed by atoms with Crippen LogP contribution < -0.4 is 10.5 Å². The zero-order chi connectivity index (χ0) is 11.3. The molecule has 0 saturated carbocycles. The summed E-state index contributed by atoms with van der Waals surface area (Å²) in [5.41, 5.74) is 6.81. The van der Waals surface area contributed by atoms with Crippen molar-refractivity contribution in [2.24, 2.45) is 5.73 Å². The molecule has 2 N–H and O–H groups in total. The van der Waals surface area contributed by atoms with E-state index in [4.69, 9.17) is 10.5 Å². The normalized spacial score (nSPS) is 12.2. The van der Waals surface area contributed by atoms with Crippen LogP contribution >= 0.6 is 0 Å². The Balaban J connectivity index is 2.80. The predicted molar refractivity (Wildman–Crippen MR) is 59.3 cm³/mol. The maximum absolute atomic E-state index is 13.1. The van der Waals surface area contributed by atoms with Crippen molar-refractivity contribution >= 4 is 0 Å². The molecule has 15 heavy (non-hydrogen) atoms. The average Bonchev–Trinajstić information content (AvgIpc) is 2.26. The molecule has 0 amide bonds. The number of rotatable bonds is 5. The minimum atomic E-state index is -0.364. The number of hydrogen-bond donors (Lipinski definition) is 1. The molecule has 0 saturated heterocycles. The van der Waals surface area contributed by atoms with Crippen molar-refractivity contribution in [1.29, 1.82) is 0 Å². The molecule has 0 aliphatic rings. The molecule has 82 valence electrons. The molecule has 0 radical (unpaired) electrons. The summed E-state index contributed by atoms with van der Waals surface area (Å²) in [5.74, 6) is -0.126. The second-order valence-electron chi connectivity index (χ2n) is 3.37. The van der Waals surface area contributed by atoms with Crippen LogP contribution in [-0.2, 0) is 0 Å². The zero-order valence-electron chi connectivity index (χ0n) is 8.87. The van der Waals surface area contributed by atoms with Crippen molar-refractivity contribution in [2.45, 2.75) is 18.9 Å². The fraction of sp³-hybridized carbons (Fsp3) is 0.333. The minimum absolute atomic E-state index is 0.0995. The summed E-state index contributed by atoms with van der Waals surface area (Å²) in [6.45, 7) is 3.63. The molecular weight excluding hydrogens is 193 g/mol. The van der Waals surface area contributed by atoms with Gasteiger partial charge in [0.15, 0.2) is 11.6 Å². The Bertz CT molecular complexity index is 338. The van der Waals surface area contributed by atoms with E-state index < -0.39 is 0 Å². The number of allylic oxidation sites excluding steroid dienone is 1. The smallest absolute Gasteiger partial charge is 0.165 e. The molecule has 0 bridgehead atoms. The molecule has 0 aliphatic carbocycles. The van der Waals surface area contributed by atoms with Crippen molar-refractivity contribution in [1.82, 2.24) is 0 Å². The number of hydrogen-bond acceptors (Lipinski definition) is 2. The molecule has 3 heteroatoms. The summed E-state index contributed by atoms with van der Waals surface area (Å²) in [7, 11) is 1.44. The Morgan fingerprint density at radius 3 is 2.93 bits per heavy atom. The van der Waals surface area contributed by atoms with Gasteiger partial charge < -0.3 is 10.5 Å². The van der Waals surface area contributed by atoms with E-state index in [1.165, 1.54) is 13.2 Å². The van der Waals surface area contributed by atoms with Gasteiger partial charge >= 0.3 is 0 Å². The summed E-state index contributed by atoms with van der Waals surface area (Å²) >= 11 is 0. The van der Waals surface area contributed by atoms with Crippen LogP contribution in [0.5, 0.6) is 5.75 Å². The molecule has 0 unspecified atom stereocenters. The van der Waals surface area contributed by atoms with Crippen LogP contribution in [0.2, 0.25) is 0 Å². The first-order valence-electron chi connectivity index (χ1n) is 4.89. The van der Waals surface area contributed by atoms with Gasteiger partial charge in [0.2, 0.25) is 0 Å². The Labute approximate surface area is 89.6 Å². The minimum Gasteiger partial charge on any atom is -0.494 e. The topological polar surface area (TPSA) is 35.2 Å². The molecule has 1 atom stereocenters. The third-order valence-electron chi connectivity index (χ3n) is 2.29. The van der Waals surface area contributed by atoms with Crippen molar-refractivity contribution in [2.75, 3.05) is 7.11 Å². The van der Waals surface area contributed by atoms with Gasteiger partial charge in [-0.2, -0.15) is 0 Å². The van der Waals surface area contributed by atoms with Crippen LogP contribution in [0, 0.1) is 5.82 Å². The van der Waals surface area contributed by atoms with Crippen LogP contribution in [0.1, 0.15) is 24.4 Å². The number of ether oxygens (including phenoxy) is 1. The van der Waals surface area contributed by atoms with Gasteiger partial charge in [0, 0.05) is 6.04 Å². The highest BCUT2D eigenvalue weighted by Crippen LogP contribution is 2.23. The summed E-state index contributed by atoms with van der Waals surface area (Å²) in [6, 6.07) is 4.61. The van der Waals surface area contributed by atoms with Crippen LogP contribution in [0.25, 0.3) is 0 Å². The standard InChI is InChI=1S/C12H16FNO/c1-3-4-5-11(14)9-6-7-10(13)12(8-9)15-2/h3,6-8,11H,1,4-5,14H2,2H3/t11-/m0/s1. The van der Waals surface area contributed by atoms with Gasteiger partial charge in [-0.15, -0.1) is 6.58 Å². The number of halogens is 1.